The van der Waals surface area contributed by atoms with Crippen molar-refractivity contribution in [1.29, 1.82) is 0 Å². The second-order valence-corrected chi connectivity index (χ2v) is 10.4. The van der Waals surface area contributed by atoms with Crippen LogP contribution < -0.4 is 5.73 Å². The summed E-state index contributed by atoms with van der Waals surface area (Å²) in [6, 6.07) is 0. The molecule has 0 spiro atoms. The molecule has 2 rings (SSSR count). The number of phosphoric ester groups is 1. The molecule has 0 radical (unpaired) electrons. The maximum absolute atomic E-state index is 11.9. The Hall–Kier alpha value is -1.97. The van der Waals surface area contributed by atoms with Crippen molar-refractivity contribution < 1.29 is 51.2 Å². The minimum Gasteiger partial charge on any atom is -0.382 e. The molecule has 2 heterocycles. The van der Waals surface area contributed by atoms with E-state index in [-0.39, 0.29) is 5.82 Å². The molecular formula is C11H19N8O11P3. The summed E-state index contributed by atoms with van der Waals surface area (Å²) in [6.45, 7) is 0.490. The molecule has 0 aliphatic carbocycles. The molecule has 0 amide bonds. The highest BCUT2D eigenvalue weighted by Gasteiger charge is 2.41. The zero-order chi connectivity index (χ0) is 24.9. The molecule has 19 nitrogen and oxygen atoms in total. The van der Waals surface area contributed by atoms with Gasteiger partial charge in [0.2, 0.25) is 0 Å². The Morgan fingerprint density at radius 1 is 1.18 bits per heavy atom. The van der Waals surface area contributed by atoms with Gasteiger partial charge >= 0.3 is 23.5 Å². The van der Waals surface area contributed by atoms with Crippen LogP contribution in [0.25, 0.3) is 21.6 Å². The van der Waals surface area contributed by atoms with E-state index in [0.717, 1.165) is 0 Å². The molecule has 0 aliphatic rings. The Balaban J connectivity index is 2.15. The SMILES string of the molecule is CC[C@@H](O[C@@H](CN=[N+]=[N-])COP(=O)(O)OP(=O)(O)OP(=O)(O)O)n1cnc2c(N)ncnc21. The number of nitrogens with zero attached hydrogens (tertiary/aromatic N) is 7. The fourth-order valence-electron chi connectivity index (χ4n) is 2.40. The van der Waals surface area contributed by atoms with Crippen LogP contribution in [-0.4, -0.2) is 58.3 Å². The van der Waals surface area contributed by atoms with Crippen molar-refractivity contribution in [3.8, 4) is 0 Å². The summed E-state index contributed by atoms with van der Waals surface area (Å²) in [5, 5.41) is 3.30. The van der Waals surface area contributed by atoms with Crippen molar-refractivity contribution in [3.63, 3.8) is 0 Å². The highest BCUT2D eigenvalue weighted by molar-refractivity contribution is 7.66. The molecule has 2 unspecified atom stereocenters. The van der Waals surface area contributed by atoms with Crippen LogP contribution in [-0.2, 0) is 31.6 Å². The molecular weight excluding hydrogens is 513 g/mol. The Bertz CT molecular complexity index is 1160. The van der Waals surface area contributed by atoms with Crippen molar-refractivity contribution in [3.05, 3.63) is 23.1 Å². The molecule has 4 atom stereocenters. The molecule has 0 bridgehead atoms. The van der Waals surface area contributed by atoms with E-state index in [4.69, 9.17) is 25.8 Å². The number of imidazole rings is 1. The lowest BCUT2D eigenvalue weighted by Crippen LogP contribution is -2.27. The largest absolute Gasteiger partial charge is 0.490 e. The first-order valence-corrected chi connectivity index (χ1v) is 13.2. The van der Waals surface area contributed by atoms with E-state index in [1.807, 2.05) is 0 Å². The van der Waals surface area contributed by atoms with Crippen LogP contribution in [0, 0.1) is 0 Å². The minimum atomic E-state index is -5.68. The monoisotopic (exact) mass is 532 g/mol. The number of ether oxygens (including phenoxy) is 1. The molecule has 0 aromatic carbocycles. The molecule has 184 valence electrons. The van der Waals surface area contributed by atoms with Gasteiger partial charge in [-0.05, 0) is 12.0 Å². The van der Waals surface area contributed by atoms with E-state index in [9.17, 15) is 23.5 Å². The van der Waals surface area contributed by atoms with Gasteiger partial charge in [0.05, 0.1) is 25.6 Å². The minimum absolute atomic E-state index is 0.117. The number of phosphoric acid groups is 3. The average Bonchev–Trinajstić information content (AvgIpc) is 3.10. The van der Waals surface area contributed by atoms with Crippen LogP contribution in [0.4, 0.5) is 5.82 Å². The van der Waals surface area contributed by atoms with Gasteiger partial charge in [-0.2, -0.15) is 8.62 Å². The Morgan fingerprint density at radius 2 is 1.88 bits per heavy atom. The number of hydrogen-bond acceptors (Lipinski definition) is 12. The molecule has 33 heavy (non-hydrogen) atoms. The highest BCUT2D eigenvalue weighted by atomic mass is 31.3. The van der Waals surface area contributed by atoms with Crippen molar-refractivity contribution in [2.75, 3.05) is 18.9 Å². The normalized spacial score (nSPS) is 17.6. The van der Waals surface area contributed by atoms with Gasteiger partial charge in [0.25, 0.3) is 0 Å². The number of rotatable bonds is 13. The number of azide groups is 1. The van der Waals surface area contributed by atoms with Crippen LogP contribution in [0.2, 0.25) is 0 Å². The van der Waals surface area contributed by atoms with E-state index < -0.39 is 49.0 Å². The second kappa shape index (κ2) is 11.0. The molecule has 0 saturated heterocycles. The Labute approximate surface area is 184 Å². The molecule has 6 N–H and O–H groups in total. The highest BCUT2D eigenvalue weighted by Crippen LogP contribution is 2.66. The zero-order valence-electron chi connectivity index (χ0n) is 16.6. The second-order valence-electron chi connectivity index (χ2n) is 6.00. The van der Waals surface area contributed by atoms with Gasteiger partial charge in [0.1, 0.15) is 18.1 Å². The third kappa shape index (κ3) is 8.39. The number of aromatic nitrogens is 4. The van der Waals surface area contributed by atoms with Gasteiger partial charge in [-0.3, -0.25) is 9.09 Å². The van der Waals surface area contributed by atoms with E-state index >= 15 is 0 Å². The predicted octanol–water partition coefficient (Wildman–Crippen LogP) is 1.36. The van der Waals surface area contributed by atoms with Crippen molar-refractivity contribution >= 4 is 40.4 Å². The lowest BCUT2D eigenvalue weighted by atomic mass is 10.3. The maximum Gasteiger partial charge on any atom is 0.490 e. The summed E-state index contributed by atoms with van der Waals surface area (Å²) >= 11 is 0. The molecule has 2 aromatic rings. The fourth-order valence-corrected chi connectivity index (χ4v) is 5.45. The van der Waals surface area contributed by atoms with E-state index in [1.54, 1.807) is 6.92 Å². The first kappa shape index (κ1) is 27.3. The first-order valence-electron chi connectivity index (χ1n) is 8.64. The summed E-state index contributed by atoms with van der Waals surface area (Å²) < 4.78 is 53.1. The van der Waals surface area contributed by atoms with E-state index in [2.05, 4.69) is 38.1 Å². The Morgan fingerprint density at radius 3 is 2.48 bits per heavy atom. The number of hydrogen-bond donors (Lipinski definition) is 5. The van der Waals surface area contributed by atoms with E-state index in [1.165, 1.54) is 17.2 Å². The van der Waals surface area contributed by atoms with Crippen LogP contribution in [0.1, 0.15) is 19.6 Å². The number of nitrogens with two attached hydrogens (primary N) is 1. The van der Waals surface area contributed by atoms with Crippen LogP contribution in [0.5, 0.6) is 0 Å². The molecule has 22 heteroatoms. The summed E-state index contributed by atoms with van der Waals surface area (Å²) in [5.41, 5.74) is 14.9. The third-order valence-electron chi connectivity index (χ3n) is 3.58. The lowest BCUT2D eigenvalue weighted by molar-refractivity contribution is -0.0688. The maximum atomic E-state index is 11.9. The molecule has 2 aromatic heterocycles. The van der Waals surface area contributed by atoms with Gasteiger partial charge in [-0.25, -0.2) is 28.6 Å². The standard InChI is InChI=1S/C11H19N8O11P3/c1-2-8(19-6-16-9-10(12)14-5-15-11(9)19)28-7(3-17-18-13)4-27-32(23,24)30-33(25,26)29-31(20,21)22/h5-8H,2-4H2,1H3,(H,23,24)(H,25,26)(H2,12,14,15)(H2,20,21,22)/t7-,8+/m0/s1. The van der Waals surface area contributed by atoms with Gasteiger partial charge in [-0.15, -0.1) is 0 Å². The smallest absolute Gasteiger partial charge is 0.382 e. The van der Waals surface area contributed by atoms with Crippen molar-refractivity contribution in [2.45, 2.75) is 25.7 Å². The summed E-state index contributed by atoms with van der Waals surface area (Å²) in [4.78, 5) is 50.4. The molecule has 0 fully saturated rings. The lowest BCUT2D eigenvalue weighted by Gasteiger charge is -2.25. The quantitative estimate of drug-likeness (QED) is 0.105. The molecule has 0 saturated carbocycles. The van der Waals surface area contributed by atoms with Crippen LogP contribution in [0.15, 0.2) is 17.8 Å². The van der Waals surface area contributed by atoms with E-state index in [0.29, 0.717) is 17.6 Å². The van der Waals surface area contributed by atoms with Gasteiger partial charge in [0.15, 0.2) is 11.5 Å². The average molecular weight is 532 g/mol. The van der Waals surface area contributed by atoms with Gasteiger partial charge in [-0.1, -0.05) is 12.0 Å². The molecule has 0 aliphatic heterocycles. The third-order valence-corrected chi connectivity index (χ3v) is 7.39. The number of nitrogen functional groups attached to an aromatic ring is 1. The summed E-state index contributed by atoms with van der Waals surface area (Å²) in [6.07, 6.45) is 0.851. The zero-order valence-corrected chi connectivity index (χ0v) is 19.3. The van der Waals surface area contributed by atoms with Gasteiger partial charge in [0, 0.05) is 4.91 Å². The Kier molecular flexibility index (Phi) is 9.07. The van der Waals surface area contributed by atoms with Gasteiger partial charge < -0.3 is 30.0 Å². The summed E-state index contributed by atoms with van der Waals surface area (Å²) in [7, 11) is -16.6. The summed E-state index contributed by atoms with van der Waals surface area (Å²) in [5.74, 6) is 0.117. The van der Waals surface area contributed by atoms with Crippen molar-refractivity contribution in [2.24, 2.45) is 5.11 Å². The number of anilines is 1. The van der Waals surface area contributed by atoms with Crippen molar-refractivity contribution in [1.82, 2.24) is 19.5 Å². The first-order chi connectivity index (χ1) is 15.3. The topological polar surface area (TPSA) is 287 Å². The number of fused-ring (bicyclic) bond motifs is 1. The predicted molar refractivity (Wildman–Crippen MR) is 108 cm³/mol. The van der Waals surface area contributed by atoms with Crippen LogP contribution in [0.3, 0.4) is 0 Å². The fraction of sp³-hybridized carbons (Fsp3) is 0.545. The van der Waals surface area contributed by atoms with Crippen LogP contribution >= 0.6 is 23.5 Å².